The Morgan fingerprint density at radius 2 is 0.529 bits per heavy atom. The van der Waals surface area contributed by atoms with Gasteiger partial charge in [0.05, 0.1) is 26.4 Å². The van der Waals surface area contributed by atoms with Gasteiger partial charge in [-0.2, -0.15) is 0 Å². The number of phosphoric ester groups is 2. The van der Waals surface area contributed by atoms with E-state index in [1.807, 2.05) is 18.2 Å². The van der Waals surface area contributed by atoms with Crippen molar-refractivity contribution in [1.82, 2.24) is 0 Å². The first-order valence-corrected chi connectivity index (χ1v) is 42.7. The van der Waals surface area contributed by atoms with E-state index < -0.39 is 97.5 Å². The first-order valence-electron chi connectivity index (χ1n) is 39.7. The van der Waals surface area contributed by atoms with Crippen LogP contribution in [0.3, 0.4) is 0 Å². The number of unbranched alkanes of at least 4 members (excludes halogenated alkanes) is 21. The van der Waals surface area contributed by atoms with E-state index in [0.717, 1.165) is 161 Å². The number of hydrogen-bond donors (Lipinski definition) is 3. The number of ether oxygens (including phenoxy) is 4. The van der Waals surface area contributed by atoms with E-state index in [0.29, 0.717) is 32.1 Å². The molecule has 0 aromatic rings. The van der Waals surface area contributed by atoms with Gasteiger partial charge in [-0.1, -0.05) is 276 Å². The molecule has 0 aliphatic rings. The van der Waals surface area contributed by atoms with Crippen LogP contribution in [0.4, 0.5) is 0 Å². The molecule has 0 amide bonds. The second-order valence-corrected chi connectivity index (χ2v) is 28.8. The molecule has 0 aromatic heterocycles. The molecular formula is C85H140O17P2. The summed E-state index contributed by atoms with van der Waals surface area (Å²) < 4.78 is 68.4. The topological polar surface area (TPSA) is 237 Å². The van der Waals surface area contributed by atoms with Crippen LogP contribution in [0.5, 0.6) is 0 Å². The van der Waals surface area contributed by atoms with Gasteiger partial charge in [0.2, 0.25) is 0 Å². The summed E-state index contributed by atoms with van der Waals surface area (Å²) in [5, 5.41) is 10.6. The molecule has 5 atom stereocenters. The van der Waals surface area contributed by atoms with Crippen molar-refractivity contribution in [1.29, 1.82) is 0 Å². The highest BCUT2D eigenvalue weighted by Crippen LogP contribution is 2.45. The van der Waals surface area contributed by atoms with E-state index in [1.54, 1.807) is 0 Å². The first-order chi connectivity index (χ1) is 50.7. The fourth-order valence-corrected chi connectivity index (χ4v) is 11.5. The molecule has 0 heterocycles. The van der Waals surface area contributed by atoms with Crippen molar-refractivity contribution >= 4 is 39.5 Å². The standard InChI is InChI=1S/C85H140O17P2/c1-5-9-13-17-21-25-29-32-35-37-39-41-44-47-51-54-58-62-66-70-83(88)96-76-81(102-85(90)72-68-64-60-56-52-48-45-42-40-38-36-33-30-26-22-18-14-10-6-2)78-100-104(93,94)98-74-79(86)73-97-103(91,92)99-77-80(101-84(89)71-67-63-59-55-49-28-24-20-16-12-8-4)75-95-82(87)69-65-61-57-53-50-46-43-34-31-27-23-19-15-11-7-3/h9-10,13-14,20-22,24-26,32-36,39-43,47-48,51-52,58,62,79-81,86H,5-8,11-12,15-19,23,27-31,37-38,44-46,49-50,53-57,59-61,63-78H2,1-4H3,(H,91,92)(H,93,94)/b13-9-,14-10-,24-20-,25-21-,26-22-,35-32-,36-33-,41-39-,42-40-,43-34-,51-47-,52-48-,62-58-. The maximum atomic E-state index is 13.1. The fourth-order valence-electron chi connectivity index (χ4n) is 9.95. The van der Waals surface area contributed by atoms with E-state index in [4.69, 9.17) is 37.0 Å². The van der Waals surface area contributed by atoms with E-state index in [-0.39, 0.29) is 25.7 Å². The Morgan fingerprint density at radius 1 is 0.279 bits per heavy atom. The van der Waals surface area contributed by atoms with Crippen LogP contribution >= 0.6 is 15.6 Å². The molecule has 0 radical (unpaired) electrons. The Kier molecular flexibility index (Phi) is 72.0. The molecule has 5 unspecified atom stereocenters. The summed E-state index contributed by atoms with van der Waals surface area (Å²) in [5.74, 6) is -2.34. The number of hydrogen-bond acceptors (Lipinski definition) is 15. The second-order valence-electron chi connectivity index (χ2n) is 25.9. The molecule has 17 nitrogen and oxygen atoms in total. The summed E-state index contributed by atoms with van der Waals surface area (Å²) in [6.45, 7) is 4.45. The average Bonchev–Trinajstić information content (AvgIpc) is 0.928. The van der Waals surface area contributed by atoms with Crippen LogP contribution in [-0.2, 0) is 65.4 Å². The monoisotopic (exact) mass is 1490 g/mol. The van der Waals surface area contributed by atoms with Crippen molar-refractivity contribution in [2.24, 2.45) is 0 Å². The molecule has 0 aliphatic carbocycles. The molecule has 0 rings (SSSR count). The van der Waals surface area contributed by atoms with Gasteiger partial charge >= 0.3 is 39.5 Å². The Labute approximate surface area is 629 Å². The molecule has 19 heteroatoms. The van der Waals surface area contributed by atoms with Gasteiger partial charge in [-0.15, -0.1) is 0 Å². The molecule has 592 valence electrons. The van der Waals surface area contributed by atoms with Crippen molar-refractivity contribution in [2.45, 2.75) is 316 Å². The smallest absolute Gasteiger partial charge is 0.462 e. The van der Waals surface area contributed by atoms with Crippen LogP contribution in [0.1, 0.15) is 297 Å². The van der Waals surface area contributed by atoms with E-state index in [2.05, 4.69) is 167 Å². The predicted molar refractivity (Wildman–Crippen MR) is 427 cm³/mol. The lowest BCUT2D eigenvalue weighted by Gasteiger charge is -2.21. The normalized spacial score (nSPS) is 14.7. The number of aliphatic hydroxyl groups excluding tert-OH is 1. The third kappa shape index (κ3) is 74.9. The van der Waals surface area contributed by atoms with Crippen LogP contribution in [0.2, 0.25) is 0 Å². The summed E-state index contributed by atoms with van der Waals surface area (Å²) in [5.41, 5.74) is 0. The van der Waals surface area contributed by atoms with E-state index in [9.17, 15) is 43.2 Å². The highest BCUT2D eigenvalue weighted by molar-refractivity contribution is 7.47. The quantitative estimate of drug-likeness (QED) is 0.0169. The van der Waals surface area contributed by atoms with Gasteiger partial charge in [0.15, 0.2) is 12.2 Å². The molecule has 0 aliphatic heterocycles. The average molecular weight is 1500 g/mol. The van der Waals surface area contributed by atoms with Gasteiger partial charge in [0.25, 0.3) is 0 Å². The zero-order valence-corrected chi connectivity index (χ0v) is 66.4. The van der Waals surface area contributed by atoms with Gasteiger partial charge in [0, 0.05) is 25.7 Å². The second kappa shape index (κ2) is 75.9. The fraction of sp³-hybridized carbons (Fsp3) is 0.647. The summed E-state index contributed by atoms with van der Waals surface area (Å²) in [4.78, 5) is 72.9. The van der Waals surface area contributed by atoms with Gasteiger partial charge in [-0.3, -0.25) is 37.3 Å². The van der Waals surface area contributed by atoms with Gasteiger partial charge < -0.3 is 33.8 Å². The minimum Gasteiger partial charge on any atom is -0.462 e. The lowest BCUT2D eigenvalue weighted by molar-refractivity contribution is -0.161. The van der Waals surface area contributed by atoms with Crippen molar-refractivity contribution in [2.75, 3.05) is 39.6 Å². The summed E-state index contributed by atoms with van der Waals surface area (Å²) in [6.07, 6.45) is 88.2. The molecule has 0 saturated carbocycles. The molecule has 104 heavy (non-hydrogen) atoms. The third-order valence-electron chi connectivity index (χ3n) is 16.0. The molecule has 0 spiro atoms. The maximum Gasteiger partial charge on any atom is 0.472 e. The van der Waals surface area contributed by atoms with Crippen LogP contribution in [0.25, 0.3) is 0 Å². The van der Waals surface area contributed by atoms with Crippen molar-refractivity contribution < 1.29 is 80.2 Å². The molecule has 0 aromatic carbocycles. The van der Waals surface area contributed by atoms with E-state index in [1.165, 1.54) is 51.4 Å². The molecular weight excluding hydrogens is 1350 g/mol. The maximum absolute atomic E-state index is 13.1. The molecule has 0 fully saturated rings. The van der Waals surface area contributed by atoms with Crippen LogP contribution in [0, 0.1) is 0 Å². The largest absolute Gasteiger partial charge is 0.472 e. The van der Waals surface area contributed by atoms with Gasteiger partial charge in [-0.25, -0.2) is 9.13 Å². The highest BCUT2D eigenvalue weighted by Gasteiger charge is 2.30. The molecule has 3 N–H and O–H groups in total. The number of rotatable bonds is 73. The summed E-state index contributed by atoms with van der Waals surface area (Å²) in [6, 6.07) is 0. The zero-order valence-electron chi connectivity index (χ0n) is 64.6. The lowest BCUT2D eigenvalue weighted by Crippen LogP contribution is -2.30. The number of allylic oxidation sites excluding steroid dienone is 26. The zero-order chi connectivity index (χ0) is 76.0. The minimum absolute atomic E-state index is 0.0228. The molecule has 0 saturated heterocycles. The highest BCUT2D eigenvalue weighted by atomic mass is 31.2. The number of esters is 4. The Hall–Kier alpha value is -5.32. The van der Waals surface area contributed by atoms with Crippen molar-refractivity contribution in [3.8, 4) is 0 Å². The SMILES string of the molecule is CC/C=C\C/C=C\C/C=C\C/C=C\C/C=C\C/C=C\CCC(=O)OCC(COP(=O)(O)OCC(O)COP(=O)(O)OCC(COC(=O)CCCCCCC/C=C\CCCCCCCC)OC(=O)CCCCCCC/C=C\CCCC)OC(=O)CCCCC/C=C\C/C=C\C/C=C\C/C=C\C/C=C\CC. The van der Waals surface area contributed by atoms with E-state index >= 15 is 0 Å². The summed E-state index contributed by atoms with van der Waals surface area (Å²) >= 11 is 0. The number of carbonyl (C=O) groups is 4. The Bertz CT molecular complexity index is 2590. The minimum atomic E-state index is -5.01. The van der Waals surface area contributed by atoms with Crippen LogP contribution in [-0.4, -0.2) is 96.7 Å². The number of carbonyl (C=O) groups excluding carboxylic acids is 4. The number of aliphatic hydroxyl groups is 1. The molecule has 0 bridgehead atoms. The van der Waals surface area contributed by atoms with Crippen LogP contribution in [0.15, 0.2) is 158 Å². The first kappa shape index (κ1) is 98.7. The Morgan fingerprint density at radius 3 is 0.875 bits per heavy atom. The van der Waals surface area contributed by atoms with Gasteiger partial charge in [0.1, 0.15) is 19.3 Å². The van der Waals surface area contributed by atoms with Crippen molar-refractivity contribution in [3.05, 3.63) is 158 Å². The Balaban J connectivity index is 5.47. The summed E-state index contributed by atoms with van der Waals surface area (Å²) in [7, 11) is -10.00. The van der Waals surface area contributed by atoms with Crippen LogP contribution < -0.4 is 0 Å². The number of phosphoric acid groups is 2. The predicted octanol–water partition coefficient (Wildman–Crippen LogP) is 23.2. The third-order valence-corrected chi connectivity index (χ3v) is 17.9. The van der Waals surface area contributed by atoms with Gasteiger partial charge in [-0.05, 0) is 154 Å². The lowest BCUT2D eigenvalue weighted by atomic mass is 10.1. The van der Waals surface area contributed by atoms with Crippen molar-refractivity contribution in [3.63, 3.8) is 0 Å².